The highest BCUT2D eigenvalue weighted by molar-refractivity contribution is 5.24. The first-order valence-corrected chi connectivity index (χ1v) is 9.50. The van der Waals surface area contributed by atoms with Gasteiger partial charge in [-0.05, 0) is 32.2 Å². The lowest BCUT2D eigenvalue weighted by Crippen LogP contribution is -2.33. The normalized spacial score (nSPS) is 24.9. The van der Waals surface area contributed by atoms with Gasteiger partial charge in [0.1, 0.15) is 11.5 Å². The van der Waals surface area contributed by atoms with Crippen molar-refractivity contribution in [3.05, 3.63) is 28.8 Å². The van der Waals surface area contributed by atoms with Crippen molar-refractivity contribution in [2.24, 2.45) is 0 Å². The molecule has 4 heterocycles. The Balaban J connectivity index is 1.35. The third kappa shape index (κ3) is 2.89. The van der Waals surface area contributed by atoms with Gasteiger partial charge in [0.25, 0.3) is 0 Å². The number of nitrogens with zero attached hydrogens (tertiary/aromatic N) is 4. The van der Waals surface area contributed by atoms with E-state index in [2.05, 4.69) is 20.3 Å². The van der Waals surface area contributed by atoms with Crippen molar-refractivity contribution in [3.8, 4) is 0 Å². The Labute approximate surface area is 146 Å². The maximum Gasteiger partial charge on any atom is 0.233 e. The number of piperidine rings is 1. The van der Waals surface area contributed by atoms with Crippen LogP contribution in [0.5, 0.6) is 0 Å². The molecule has 0 aromatic carbocycles. The van der Waals surface area contributed by atoms with Gasteiger partial charge >= 0.3 is 0 Å². The molecule has 1 saturated heterocycles. The van der Waals surface area contributed by atoms with Gasteiger partial charge in [-0.15, -0.1) is 10.2 Å². The Bertz CT molecular complexity index is 737. The summed E-state index contributed by atoms with van der Waals surface area (Å²) in [6.07, 6.45) is 7.90. The summed E-state index contributed by atoms with van der Waals surface area (Å²) in [5.74, 6) is 3.08. The van der Waals surface area contributed by atoms with E-state index < -0.39 is 0 Å². The molecule has 25 heavy (non-hydrogen) atoms. The van der Waals surface area contributed by atoms with Crippen molar-refractivity contribution >= 4 is 0 Å². The third-order valence-electron chi connectivity index (χ3n) is 5.83. The van der Waals surface area contributed by atoms with Gasteiger partial charge < -0.3 is 13.7 Å². The summed E-state index contributed by atoms with van der Waals surface area (Å²) in [5, 5.41) is 13.0. The number of hydrogen-bond donors (Lipinski definition) is 0. The van der Waals surface area contributed by atoms with Crippen molar-refractivity contribution in [2.75, 3.05) is 13.2 Å². The van der Waals surface area contributed by atoms with Crippen molar-refractivity contribution in [1.82, 2.24) is 20.3 Å². The fourth-order valence-electron chi connectivity index (χ4n) is 4.06. The molecule has 7 heteroatoms. The number of hydrogen-bond acceptors (Lipinski definition) is 7. The van der Waals surface area contributed by atoms with Crippen molar-refractivity contribution in [2.45, 2.75) is 70.1 Å². The molecule has 134 valence electrons. The zero-order valence-corrected chi connectivity index (χ0v) is 14.4. The van der Waals surface area contributed by atoms with Crippen LogP contribution in [0.4, 0.5) is 0 Å². The molecule has 1 aliphatic carbocycles. The van der Waals surface area contributed by atoms with Crippen molar-refractivity contribution in [1.29, 1.82) is 0 Å². The first-order chi connectivity index (χ1) is 12.4. The quantitative estimate of drug-likeness (QED) is 0.843. The molecule has 0 bridgehead atoms. The predicted octanol–water partition coefficient (Wildman–Crippen LogP) is 3.13. The Morgan fingerprint density at radius 2 is 1.96 bits per heavy atom. The minimum absolute atomic E-state index is 0.187. The average Bonchev–Trinajstić information content (AvgIpc) is 3.22. The van der Waals surface area contributed by atoms with E-state index in [-0.39, 0.29) is 6.04 Å². The van der Waals surface area contributed by atoms with Gasteiger partial charge in [0.15, 0.2) is 0 Å². The molecule has 7 nitrogen and oxygen atoms in total. The first kappa shape index (κ1) is 15.5. The summed E-state index contributed by atoms with van der Waals surface area (Å²) in [4.78, 5) is 2.41. The second kappa shape index (κ2) is 6.53. The molecule has 1 unspecified atom stereocenters. The summed E-state index contributed by atoms with van der Waals surface area (Å²) >= 11 is 0. The van der Waals surface area contributed by atoms with E-state index in [0.717, 1.165) is 61.3 Å². The van der Waals surface area contributed by atoms with Gasteiger partial charge in [-0.3, -0.25) is 4.90 Å². The molecule has 2 aliphatic heterocycles. The average molecular weight is 344 g/mol. The Kier molecular flexibility index (Phi) is 4.06. The van der Waals surface area contributed by atoms with Crippen LogP contribution < -0.4 is 0 Å². The van der Waals surface area contributed by atoms with E-state index in [1.165, 1.54) is 32.1 Å². The molecular weight excluding hydrogens is 320 g/mol. The Morgan fingerprint density at radius 3 is 2.84 bits per heavy atom. The van der Waals surface area contributed by atoms with Gasteiger partial charge in [0.05, 0.1) is 19.3 Å². The molecule has 0 radical (unpaired) electrons. The lowest BCUT2D eigenvalue weighted by molar-refractivity contribution is 0.0986. The van der Waals surface area contributed by atoms with E-state index in [9.17, 15) is 0 Å². The summed E-state index contributed by atoms with van der Waals surface area (Å²) in [7, 11) is 0. The second-order valence-corrected chi connectivity index (χ2v) is 7.42. The van der Waals surface area contributed by atoms with Gasteiger partial charge in [-0.2, -0.15) is 0 Å². The molecule has 0 amide bonds. The maximum absolute atomic E-state index is 6.06. The van der Waals surface area contributed by atoms with Crippen LogP contribution in [-0.4, -0.2) is 33.4 Å². The topological polar surface area (TPSA) is 77.4 Å². The van der Waals surface area contributed by atoms with Crippen LogP contribution in [0.15, 0.2) is 8.94 Å². The molecule has 0 spiro atoms. The first-order valence-electron chi connectivity index (χ1n) is 9.50. The molecular formula is C18H24N4O3. The molecule has 2 aromatic rings. The van der Waals surface area contributed by atoms with Crippen LogP contribution in [0, 0.1) is 0 Å². The highest BCUT2D eigenvalue weighted by atomic mass is 16.5. The summed E-state index contributed by atoms with van der Waals surface area (Å²) < 4.78 is 17.2. The molecule has 0 N–H and O–H groups in total. The van der Waals surface area contributed by atoms with Crippen LogP contribution in [0.2, 0.25) is 0 Å². The SMILES string of the molecule is C1CC(c2nnc(C3CCCCN3Cc3noc4c3COCC4)o2)C1. The number of ether oxygens (including phenoxy) is 1. The fourth-order valence-corrected chi connectivity index (χ4v) is 4.06. The van der Waals surface area contributed by atoms with Crippen molar-refractivity contribution < 1.29 is 13.7 Å². The lowest BCUT2D eigenvalue weighted by atomic mass is 9.85. The van der Waals surface area contributed by atoms with Gasteiger partial charge in [0.2, 0.25) is 11.8 Å². The Morgan fingerprint density at radius 1 is 1.04 bits per heavy atom. The molecule has 1 saturated carbocycles. The standard InChI is InChI=1S/C18H24N4O3/c1-2-8-22(10-14-13-11-23-9-7-16(13)25-21-14)15(6-1)18-20-19-17(24-18)12-4-3-5-12/h12,15H,1-11H2. The number of fused-ring (bicyclic) bond motifs is 1. The number of rotatable bonds is 4. The predicted molar refractivity (Wildman–Crippen MR) is 87.8 cm³/mol. The highest BCUT2D eigenvalue weighted by Crippen LogP contribution is 2.38. The smallest absolute Gasteiger partial charge is 0.233 e. The van der Waals surface area contributed by atoms with E-state index in [0.29, 0.717) is 12.5 Å². The fraction of sp³-hybridized carbons (Fsp3) is 0.722. The third-order valence-corrected chi connectivity index (χ3v) is 5.83. The zero-order valence-electron chi connectivity index (χ0n) is 14.4. The van der Waals surface area contributed by atoms with E-state index in [4.69, 9.17) is 13.7 Å². The van der Waals surface area contributed by atoms with Gasteiger partial charge in [0, 0.05) is 24.4 Å². The van der Waals surface area contributed by atoms with Crippen LogP contribution in [0.1, 0.15) is 79.3 Å². The highest BCUT2D eigenvalue weighted by Gasteiger charge is 2.32. The van der Waals surface area contributed by atoms with Gasteiger partial charge in [-0.1, -0.05) is 18.0 Å². The summed E-state index contributed by atoms with van der Waals surface area (Å²) in [6, 6.07) is 0.187. The lowest BCUT2D eigenvalue weighted by Gasteiger charge is -2.33. The molecule has 5 rings (SSSR count). The summed E-state index contributed by atoms with van der Waals surface area (Å²) in [6.45, 7) is 3.11. The van der Waals surface area contributed by atoms with Crippen LogP contribution >= 0.6 is 0 Å². The van der Waals surface area contributed by atoms with E-state index in [1.54, 1.807) is 0 Å². The van der Waals surface area contributed by atoms with E-state index in [1.807, 2.05) is 0 Å². The molecule has 2 fully saturated rings. The minimum atomic E-state index is 0.187. The van der Waals surface area contributed by atoms with Gasteiger partial charge in [-0.25, -0.2) is 0 Å². The molecule has 1 atom stereocenters. The monoisotopic (exact) mass is 344 g/mol. The van der Waals surface area contributed by atoms with Crippen molar-refractivity contribution in [3.63, 3.8) is 0 Å². The number of likely N-dealkylation sites (tertiary alicyclic amines) is 1. The van der Waals surface area contributed by atoms with Crippen LogP contribution in [-0.2, 0) is 24.3 Å². The molecule has 2 aromatic heterocycles. The van der Waals surface area contributed by atoms with Crippen LogP contribution in [0.25, 0.3) is 0 Å². The molecule has 3 aliphatic rings. The number of aromatic nitrogens is 3. The zero-order chi connectivity index (χ0) is 16.6. The van der Waals surface area contributed by atoms with E-state index >= 15 is 0 Å². The Hall–Kier alpha value is -1.73. The summed E-state index contributed by atoms with van der Waals surface area (Å²) in [5.41, 5.74) is 2.14. The largest absolute Gasteiger partial charge is 0.423 e. The minimum Gasteiger partial charge on any atom is -0.423 e. The van der Waals surface area contributed by atoms with Crippen LogP contribution in [0.3, 0.4) is 0 Å². The second-order valence-electron chi connectivity index (χ2n) is 7.42. The maximum atomic E-state index is 6.06.